The summed E-state index contributed by atoms with van der Waals surface area (Å²) in [5.41, 5.74) is 0. The average molecular weight is 290 g/mol. The van der Waals surface area contributed by atoms with Crippen LogP contribution in [0.2, 0.25) is 0 Å². The van der Waals surface area contributed by atoms with Crippen molar-refractivity contribution in [1.82, 2.24) is 9.62 Å². The second-order valence-electron chi connectivity index (χ2n) is 6.26. The van der Waals surface area contributed by atoms with Crippen LogP contribution in [0.4, 0.5) is 0 Å². The summed E-state index contributed by atoms with van der Waals surface area (Å²) in [5.74, 6) is 0.471. The molecule has 1 aliphatic rings. The van der Waals surface area contributed by atoms with E-state index in [-0.39, 0.29) is 11.3 Å². The van der Waals surface area contributed by atoms with E-state index in [2.05, 4.69) is 12.2 Å². The van der Waals surface area contributed by atoms with Crippen molar-refractivity contribution in [3.05, 3.63) is 0 Å². The Balaban J connectivity index is 2.69. The van der Waals surface area contributed by atoms with E-state index in [0.717, 1.165) is 19.3 Å². The largest absolute Gasteiger partial charge is 0.313 e. The zero-order valence-electron chi connectivity index (χ0n) is 13.0. The summed E-state index contributed by atoms with van der Waals surface area (Å²) in [6.45, 7) is 8.56. The molecule has 3 atom stereocenters. The van der Waals surface area contributed by atoms with E-state index in [1.165, 1.54) is 6.42 Å². The highest BCUT2D eigenvalue weighted by molar-refractivity contribution is 7.89. The van der Waals surface area contributed by atoms with Gasteiger partial charge in [0.2, 0.25) is 10.0 Å². The molecule has 1 N–H and O–H groups in total. The quantitative estimate of drug-likeness (QED) is 0.816. The van der Waals surface area contributed by atoms with Gasteiger partial charge in [-0.15, -0.1) is 0 Å². The summed E-state index contributed by atoms with van der Waals surface area (Å²) in [7, 11) is -1.44. The Labute approximate surface area is 119 Å². The van der Waals surface area contributed by atoms with Crippen LogP contribution in [0.3, 0.4) is 0 Å². The first-order chi connectivity index (χ1) is 8.76. The SMILES string of the molecule is CC(C)NCC(C)S(=O)(=O)N(C)C1CCCCC1C. The normalized spacial score (nSPS) is 26.9. The molecule has 0 aromatic carbocycles. The standard InChI is InChI=1S/C14H30N2O2S/c1-11(2)15-10-13(4)19(17,18)16(5)14-9-7-6-8-12(14)3/h11-15H,6-10H2,1-5H3. The zero-order chi connectivity index (χ0) is 14.6. The molecule has 0 amide bonds. The summed E-state index contributed by atoms with van der Waals surface area (Å²) >= 11 is 0. The molecule has 1 aliphatic carbocycles. The Morgan fingerprint density at radius 3 is 2.32 bits per heavy atom. The lowest BCUT2D eigenvalue weighted by Gasteiger charge is -2.36. The van der Waals surface area contributed by atoms with Crippen LogP contribution in [0.25, 0.3) is 0 Å². The van der Waals surface area contributed by atoms with Crippen molar-refractivity contribution in [2.24, 2.45) is 5.92 Å². The van der Waals surface area contributed by atoms with Crippen molar-refractivity contribution < 1.29 is 8.42 Å². The summed E-state index contributed by atoms with van der Waals surface area (Å²) in [4.78, 5) is 0. The van der Waals surface area contributed by atoms with Crippen LogP contribution in [0.1, 0.15) is 53.4 Å². The van der Waals surface area contributed by atoms with E-state index in [0.29, 0.717) is 18.5 Å². The predicted octanol–water partition coefficient (Wildman–Crippen LogP) is 2.21. The first kappa shape index (κ1) is 16.9. The lowest BCUT2D eigenvalue weighted by Crippen LogP contribution is -2.48. The van der Waals surface area contributed by atoms with Crippen molar-refractivity contribution in [3.8, 4) is 0 Å². The third-order valence-corrected chi connectivity index (χ3v) is 6.51. The maximum atomic E-state index is 12.6. The third-order valence-electron chi connectivity index (χ3n) is 4.26. The minimum Gasteiger partial charge on any atom is -0.313 e. The fraction of sp³-hybridized carbons (Fsp3) is 1.00. The molecule has 0 aromatic rings. The van der Waals surface area contributed by atoms with Gasteiger partial charge in [-0.25, -0.2) is 12.7 Å². The highest BCUT2D eigenvalue weighted by atomic mass is 32.2. The van der Waals surface area contributed by atoms with Crippen LogP contribution < -0.4 is 5.32 Å². The number of sulfonamides is 1. The molecular formula is C14H30N2O2S. The molecule has 0 aromatic heterocycles. The zero-order valence-corrected chi connectivity index (χ0v) is 13.8. The van der Waals surface area contributed by atoms with Crippen LogP contribution in [-0.2, 0) is 10.0 Å². The van der Waals surface area contributed by atoms with Crippen molar-refractivity contribution in [2.75, 3.05) is 13.6 Å². The van der Waals surface area contributed by atoms with Crippen molar-refractivity contribution in [3.63, 3.8) is 0 Å². The molecule has 0 radical (unpaired) electrons. The first-order valence-corrected chi connectivity index (χ1v) is 8.97. The van der Waals surface area contributed by atoms with Gasteiger partial charge in [-0.1, -0.05) is 33.6 Å². The lowest BCUT2D eigenvalue weighted by molar-refractivity contribution is 0.212. The van der Waals surface area contributed by atoms with Gasteiger partial charge in [-0.2, -0.15) is 0 Å². The molecule has 5 heteroatoms. The summed E-state index contributed by atoms with van der Waals surface area (Å²) < 4.78 is 26.8. The van der Waals surface area contributed by atoms with E-state index in [1.54, 1.807) is 18.3 Å². The van der Waals surface area contributed by atoms with Gasteiger partial charge in [0.25, 0.3) is 0 Å². The molecule has 1 rings (SSSR count). The predicted molar refractivity (Wildman–Crippen MR) is 80.7 cm³/mol. The maximum Gasteiger partial charge on any atom is 0.217 e. The number of hydrogen-bond donors (Lipinski definition) is 1. The Hall–Kier alpha value is -0.130. The first-order valence-electron chi connectivity index (χ1n) is 7.47. The Morgan fingerprint density at radius 1 is 1.21 bits per heavy atom. The summed E-state index contributed by atoms with van der Waals surface area (Å²) in [5, 5.41) is 2.85. The van der Waals surface area contributed by atoms with Crippen LogP contribution >= 0.6 is 0 Å². The van der Waals surface area contributed by atoms with E-state index in [4.69, 9.17) is 0 Å². The van der Waals surface area contributed by atoms with Gasteiger partial charge in [0.15, 0.2) is 0 Å². The summed E-state index contributed by atoms with van der Waals surface area (Å²) in [6.07, 6.45) is 4.52. The van der Waals surface area contributed by atoms with E-state index >= 15 is 0 Å². The molecule has 0 bridgehead atoms. The third kappa shape index (κ3) is 4.43. The molecule has 1 saturated carbocycles. The van der Waals surface area contributed by atoms with Gasteiger partial charge in [0.1, 0.15) is 0 Å². The Morgan fingerprint density at radius 2 is 1.79 bits per heavy atom. The molecule has 0 heterocycles. The van der Waals surface area contributed by atoms with Gasteiger partial charge in [0.05, 0.1) is 5.25 Å². The highest BCUT2D eigenvalue weighted by Gasteiger charge is 2.34. The second kappa shape index (κ2) is 7.04. The lowest BCUT2D eigenvalue weighted by atomic mass is 9.86. The van der Waals surface area contributed by atoms with Gasteiger partial charge < -0.3 is 5.32 Å². The van der Waals surface area contributed by atoms with Crippen molar-refractivity contribution in [2.45, 2.75) is 70.7 Å². The molecule has 114 valence electrons. The smallest absolute Gasteiger partial charge is 0.217 e. The van der Waals surface area contributed by atoms with Crippen molar-refractivity contribution >= 4 is 10.0 Å². The monoisotopic (exact) mass is 290 g/mol. The maximum absolute atomic E-state index is 12.6. The number of nitrogens with one attached hydrogen (secondary N) is 1. The molecular weight excluding hydrogens is 260 g/mol. The highest BCUT2D eigenvalue weighted by Crippen LogP contribution is 2.29. The minimum atomic E-state index is -3.20. The minimum absolute atomic E-state index is 0.181. The topological polar surface area (TPSA) is 49.4 Å². The van der Waals surface area contributed by atoms with Gasteiger partial charge in [-0.3, -0.25) is 0 Å². The molecule has 1 fully saturated rings. The number of nitrogens with zero attached hydrogens (tertiary/aromatic N) is 1. The molecule has 0 aliphatic heterocycles. The Bertz CT molecular complexity index is 368. The van der Waals surface area contributed by atoms with Crippen LogP contribution in [0, 0.1) is 5.92 Å². The fourth-order valence-corrected chi connectivity index (χ4v) is 4.38. The van der Waals surface area contributed by atoms with E-state index < -0.39 is 10.0 Å². The molecule has 4 nitrogen and oxygen atoms in total. The Kier molecular flexibility index (Phi) is 6.27. The number of rotatable bonds is 6. The average Bonchev–Trinajstić information content (AvgIpc) is 2.35. The molecule has 19 heavy (non-hydrogen) atoms. The van der Waals surface area contributed by atoms with Crippen molar-refractivity contribution in [1.29, 1.82) is 0 Å². The number of hydrogen-bond acceptors (Lipinski definition) is 3. The van der Waals surface area contributed by atoms with Crippen LogP contribution in [0.15, 0.2) is 0 Å². The van der Waals surface area contributed by atoms with Gasteiger partial charge in [-0.05, 0) is 25.7 Å². The molecule has 0 spiro atoms. The second-order valence-corrected chi connectivity index (χ2v) is 8.67. The van der Waals surface area contributed by atoms with E-state index in [1.807, 2.05) is 13.8 Å². The molecule has 3 unspecified atom stereocenters. The van der Waals surface area contributed by atoms with Gasteiger partial charge >= 0.3 is 0 Å². The van der Waals surface area contributed by atoms with Crippen LogP contribution in [0.5, 0.6) is 0 Å². The molecule has 0 saturated heterocycles. The fourth-order valence-electron chi connectivity index (χ4n) is 2.82. The summed E-state index contributed by atoms with van der Waals surface area (Å²) in [6, 6.07) is 0.497. The van der Waals surface area contributed by atoms with E-state index in [9.17, 15) is 8.42 Å². The van der Waals surface area contributed by atoms with Gasteiger partial charge in [0, 0.05) is 25.7 Å². The van der Waals surface area contributed by atoms with Crippen LogP contribution in [-0.4, -0.2) is 43.6 Å².